The number of nitrogens with one attached hydrogen (secondary N) is 1. The molecule has 1 aliphatic heterocycles. The van der Waals surface area contributed by atoms with Crippen molar-refractivity contribution in [2.24, 2.45) is 0 Å². The van der Waals surface area contributed by atoms with E-state index in [1.165, 1.54) is 0 Å². The predicted octanol–water partition coefficient (Wildman–Crippen LogP) is 2.42. The van der Waals surface area contributed by atoms with Crippen LogP contribution in [0.1, 0.15) is 29.6 Å². The number of hydrogen-bond acceptors (Lipinski definition) is 3. The fourth-order valence-corrected chi connectivity index (χ4v) is 3.17. The van der Waals surface area contributed by atoms with Crippen LogP contribution in [0.4, 0.5) is 0 Å². The maximum atomic E-state index is 12.4. The summed E-state index contributed by atoms with van der Waals surface area (Å²) >= 11 is 0. The standard InChI is InChI=1S/C19H24N2O2/c22-16-9-13-21(14-10-16)12-4-11-20-19(23)18-8-3-6-15-5-1-2-7-17(15)18/h1-3,5-8,16,22H,4,9-14H2,(H,20,23). The van der Waals surface area contributed by atoms with E-state index in [1.54, 1.807) is 0 Å². The molecule has 1 heterocycles. The summed E-state index contributed by atoms with van der Waals surface area (Å²) in [4.78, 5) is 14.8. The van der Waals surface area contributed by atoms with Crippen molar-refractivity contribution in [3.05, 3.63) is 48.0 Å². The van der Waals surface area contributed by atoms with Crippen LogP contribution in [-0.2, 0) is 0 Å². The molecule has 2 aromatic rings. The summed E-state index contributed by atoms with van der Waals surface area (Å²) in [5.74, 6) is -0.00383. The molecule has 23 heavy (non-hydrogen) atoms. The summed E-state index contributed by atoms with van der Waals surface area (Å²) < 4.78 is 0. The number of nitrogens with zero attached hydrogens (tertiary/aromatic N) is 1. The largest absolute Gasteiger partial charge is 0.393 e. The second-order valence-corrected chi connectivity index (χ2v) is 6.21. The van der Waals surface area contributed by atoms with E-state index < -0.39 is 0 Å². The van der Waals surface area contributed by atoms with Gasteiger partial charge in [0.15, 0.2) is 0 Å². The molecule has 1 fully saturated rings. The number of carbonyl (C=O) groups is 1. The van der Waals surface area contributed by atoms with Crippen molar-refractivity contribution in [1.29, 1.82) is 0 Å². The highest BCUT2D eigenvalue weighted by atomic mass is 16.3. The minimum absolute atomic E-state index is 0.00383. The number of aliphatic hydroxyl groups is 1. The number of benzene rings is 2. The number of carbonyl (C=O) groups excluding carboxylic acids is 1. The molecule has 0 aromatic heterocycles. The van der Waals surface area contributed by atoms with Gasteiger partial charge in [0.05, 0.1) is 6.10 Å². The molecule has 1 saturated heterocycles. The first-order chi connectivity index (χ1) is 11.2. The van der Waals surface area contributed by atoms with Gasteiger partial charge in [-0.05, 0) is 42.6 Å². The van der Waals surface area contributed by atoms with Gasteiger partial charge in [-0.1, -0.05) is 36.4 Å². The number of aliphatic hydroxyl groups excluding tert-OH is 1. The first-order valence-corrected chi connectivity index (χ1v) is 8.40. The number of hydrogen-bond donors (Lipinski definition) is 2. The van der Waals surface area contributed by atoms with Gasteiger partial charge < -0.3 is 15.3 Å². The Balaban J connectivity index is 1.49. The maximum Gasteiger partial charge on any atom is 0.251 e. The molecule has 1 amide bonds. The maximum absolute atomic E-state index is 12.4. The van der Waals surface area contributed by atoms with E-state index >= 15 is 0 Å². The lowest BCUT2D eigenvalue weighted by Gasteiger charge is -2.29. The Bertz CT molecular complexity index is 658. The minimum Gasteiger partial charge on any atom is -0.393 e. The van der Waals surface area contributed by atoms with E-state index in [2.05, 4.69) is 10.2 Å². The third kappa shape index (κ3) is 4.09. The average molecular weight is 312 g/mol. The van der Waals surface area contributed by atoms with Crippen molar-refractivity contribution in [2.75, 3.05) is 26.2 Å². The third-order valence-electron chi connectivity index (χ3n) is 4.53. The monoisotopic (exact) mass is 312 g/mol. The van der Waals surface area contributed by atoms with Crippen molar-refractivity contribution >= 4 is 16.7 Å². The van der Waals surface area contributed by atoms with Gasteiger partial charge in [0.2, 0.25) is 0 Å². The van der Waals surface area contributed by atoms with Crippen LogP contribution in [0.3, 0.4) is 0 Å². The van der Waals surface area contributed by atoms with Crippen LogP contribution >= 0.6 is 0 Å². The smallest absolute Gasteiger partial charge is 0.251 e. The zero-order valence-corrected chi connectivity index (χ0v) is 13.4. The number of likely N-dealkylation sites (tertiary alicyclic amines) is 1. The lowest BCUT2D eigenvalue weighted by atomic mass is 10.0. The molecule has 0 aliphatic carbocycles. The van der Waals surface area contributed by atoms with Crippen LogP contribution in [0, 0.1) is 0 Å². The second-order valence-electron chi connectivity index (χ2n) is 6.21. The van der Waals surface area contributed by atoms with Crippen molar-refractivity contribution in [3.8, 4) is 0 Å². The van der Waals surface area contributed by atoms with Crippen LogP contribution in [0.5, 0.6) is 0 Å². The summed E-state index contributed by atoms with van der Waals surface area (Å²) in [7, 11) is 0. The molecule has 4 nitrogen and oxygen atoms in total. The SMILES string of the molecule is O=C(NCCCN1CCC(O)CC1)c1cccc2ccccc12. The molecule has 1 aliphatic rings. The third-order valence-corrected chi connectivity index (χ3v) is 4.53. The minimum atomic E-state index is -0.127. The van der Waals surface area contributed by atoms with Gasteiger partial charge in [0.25, 0.3) is 5.91 Å². The number of rotatable bonds is 5. The van der Waals surface area contributed by atoms with Gasteiger partial charge in [-0.15, -0.1) is 0 Å². The Hall–Kier alpha value is -1.91. The highest BCUT2D eigenvalue weighted by molar-refractivity contribution is 6.06. The highest BCUT2D eigenvalue weighted by Gasteiger charge is 2.16. The Morgan fingerprint density at radius 1 is 1.13 bits per heavy atom. The van der Waals surface area contributed by atoms with Crippen LogP contribution in [0.15, 0.2) is 42.5 Å². The number of amides is 1. The molecule has 0 spiro atoms. The quantitative estimate of drug-likeness (QED) is 0.834. The lowest BCUT2D eigenvalue weighted by molar-refractivity contribution is 0.0816. The Labute approximate surface area is 137 Å². The molecule has 2 aromatic carbocycles. The van der Waals surface area contributed by atoms with E-state index in [4.69, 9.17) is 0 Å². The number of piperidine rings is 1. The fraction of sp³-hybridized carbons (Fsp3) is 0.421. The van der Waals surface area contributed by atoms with Gasteiger partial charge >= 0.3 is 0 Å². The second kappa shape index (κ2) is 7.57. The molecule has 2 N–H and O–H groups in total. The fourth-order valence-electron chi connectivity index (χ4n) is 3.17. The van der Waals surface area contributed by atoms with Crippen molar-refractivity contribution < 1.29 is 9.90 Å². The van der Waals surface area contributed by atoms with Crippen LogP contribution in [0.2, 0.25) is 0 Å². The van der Waals surface area contributed by atoms with E-state index in [0.29, 0.717) is 6.54 Å². The summed E-state index contributed by atoms with van der Waals surface area (Å²) in [6, 6.07) is 13.8. The highest BCUT2D eigenvalue weighted by Crippen LogP contribution is 2.18. The molecule has 122 valence electrons. The molecule has 0 bridgehead atoms. The topological polar surface area (TPSA) is 52.6 Å². The Morgan fingerprint density at radius 2 is 1.87 bits per heavy atom. The summed E-state index contributed by atoms with van der Waals surface area (Å²) in [5, 5.41) is 14.6. The predicted molar refractivity (Wildman–Crippen MR) is 92.6 cm³/mol. The average Bonchev–Trinajstić information content (AvgIpc) is 2.59. The molecule has 4 heteroatoms. The summed E-state index contributed by atoms with van der Waals surface area (Å²) in [6.07, 6.45) is 2.54. The zero-order chi connectivity index (χ0) is 16.1. The van der Waals surface area contributed by atoms with Gasteiger partial charge in [-0.2, -0.15) is 0 Å². The zero-order valence-electron chi connectivity index (χ0n) is 13.4. The van der Waals surface area contributed by atoms with Gasteiger partial charge in [-0.3, -0.25) is 4.79 Å². The molecule has 0 saturated carbocycles. The molecule has 0 radical (unpaired) electrons. The van der Waals surface area contributed by atoms with Crippen LogP contribution in [-0.4, -0.2) is 48.2 Å². The first-order valence-electron chi connectivity index (χ1n) is 8.40. The summed E-state index contributed by atoms with van der Waals surface area (Å²) in [6.45, 7) is 3.57. The normalized spacial score (nSPS) is 16.6. The molecule has 3 rings (SSSR count). The Morgan fingerprint density at radius 3 is 2.70 bits per heavy atom. The van der Waals surface area contributed by atoms with Gasteiger partial charge in [0.1, 0.15) is 0 Å². The lowest BCUT2D eigenvalue weighted by Crippen LogP contribution is -2.37. The van der Waals surface area contributed by atoms with Gasteiger partial charge in [-0.25, -0.2) is 0 Å². The summed E-state index contributed by atoms with van der Waals surface area (Å²) in [5.41, 5.74) is 0.740. The van der Waals surface area contributed by atoms with Gasteiger partial charge in [0, 0.05) is 25.2 Å². The first kappa shape index (κ1) is 16.0. The molecular formula is C19H24N2O2. The molecule has 0 atom stereocenters. The van der Waals surface area contributed by atoms with E-state index in [1.807, 2.05) is 42.5 Å². The van der Waals surface area contributed by atoms with E-state index in [-0.39, 0.29) is 12.0 Å². The number of fused-ring (bicyclic) bond motifs is 1. The van der Waals surface area contributed by atoms with Crippen LogP contribution < -0.4 is 5.32 Å². The van der Waals surface area contributed by atoms with Crippen LogP contribution in [0.25, 0.3) is 10.8 Å². The Kier molecular flexibility index (Phi) is 5.26. The van der Waals surface area contributed by atoms with Crippen molar-refractivity contribution in [1.82, 2.24) is 10.2 Å². The molecular weight excluding hydrogens is 288 g/mol. The van der Waals surface area contributed by atoms with E-state index in [9.17, 15) is 9.90 Å². The van der Waals surface area contributed by atoms with Crippen molar-refractivity contribution in [2.45, 2.75) is 25.4 Å². The van der Waals surface area contributed by atoms with E-state index in [0.717, 1.165) is 55.2 Å². The van der Waals surface area contributed by atoms with Crippen molar-refractivity contribution in [3.63, 3.8) is 0 Å². The molecule has 0 unspecified atom stereocenters.